The van der Waals surface area contributed by atoms with Crippen LogP contribution in [0.15, 0.2) is 41.5 Å². The Bertz CT molecular complexity index is 1510. The van der Waals surface area contributed by atoms with Crippen molar-refractivity contribution in [3.63, 3.8) is 0 Å². The molecule has 16 heteroatoms. The molecule has 0 aliphatic carbocycles. The molecule has 0 bridgehead atoms. The molecule has 3 aromatic rings. The summed E-state index contributed by atoms with van der Waals surface area (Å²) < 4.78 is 53.4. The largest absolute Gasteiger partial charge is 0.465 e. The summed E-state index contributed by atoms with van der Waals surface area (Å²) in [7, 11) is 3.11. The van der Waals surface area contributed by atoms with Crippen molar-refractivity contribution < 1.29 is 37.1 Å². The number of pyridine rings is 2. The number of halogens is 4. The van der Waals surface area contributed by atoms with E-state index in [2.05, 4.69) is 25.6 Å². The maximum atomic E-state index is 14.3. The standard InChI is InChI=1S/C25H27F4N7O5/c1-35(2)19(37)8-4-3-6-16(32-24(40)41)22(38)31-17-7-5-11-36(23(17)39)13-18-33-20-14(26)12-30-15(21(20)34-18)9-10-25(27,28)29/h4-5,7-8,11-12,16,32H,3,6,9-10,13H2,1-2H3,(H,31,38)(H,33,34)(H,40,41)/b8-4+. The maximum Gasteiger partial charge on any atom is 0.405 e. The smallest absolute Gasteiger partial charge is 0.405 e. The first-order valence-corrected chi connectivity index (χ1v) is 12.2. The van der Waals surface area contributed by atoms with Gasteiger partial charge in [0.1, 0.15) is 23.1 Å². The third-order valence-electron chi connectivity index (χ3n) is 5.78. The molecule has 0 aliphatic rings. The van der Waals surface area contributed by atoms with Crippen LogP contribution in [0.2, 0.25) is 0 Å². The molecule has 3 heterocycles. The minimum absolute atomic E-state index is 0.00831. The van der Waals surface area contributed by atoms with E-state index in [4.69, 9.17) is 5.11 Å². The van der Waals surface area contributed by atoms with Crippen molar-refractivity contribution in [1.82, 2.24) is 29.7 Å². The maximum absolute atomic E-state index is 14.3. The summed E-state index contributed by atoms with van der Waals surface area (Å²) >= 11 is 0. The van der Waals surface area contributed by atoms with Crippen molar-refractivity contribution in [2.45, 2.75) is 44.4 Å². The highest BCUT2D eigenvalue weighted by atomic mass is 19.4. The van der Waals surface area contributed by atoms with Gasteiger partial charge in [0.25, 0.3) is 5.56 Å². The van der Waals surface area contributed by atoms with Gasteiger partial charge in [0.2, 0.25) is 11.8 Å². The Labute approximate surface area is 230 Å². The van der Waals surface area contributed by atoms with Gasteiger partial charge >= 0.3 is 12.3 Å². The van der Waals surface area contributed by atoms with Gasteiger partial charge in [0.15, 0.2) is 5.82 Å². The van der Waals surface area contributed by atoms with E-state index in [-0.39, 0.29) is 53.5 Å². The number of imidazole rings is 1. The van der Waals surface area contributed by atoms with Crippen molar-refractivity contribution >= 4 is 34.6 Å². The molecule has 0 aliphatic heterocycles. The Hall–Kier alpha value is -4.76. The first-order chi connectivity index (χ1) is 19.2. The molecule has 0 fully saturated rings. The second-order valence-corrected chi connectivity index (χ2v) is 9.13. The van der Waals surface area contributed by atoms with E-state index in [9.17, 15) is 36.7 Å². The van der Waals surface area contributed by atoms with Gasteiger partial charge in [-0.2, -0.15) is 13.2 Å². The van der Waals surface area contributed by atoms with Crippen LogP contribution in [0, 0.1) is 5.82 Å². The number of amides is 3. The van der Waals surface area contributed by atoms with Crippen LogP contribution in [0.25, 0.3) is 11.0 Å². The van der Waals surface area contributed by atoms with Crippen LogP contribution >= 0.6 is 0 Å². The molecule has 3 amide bonds. The van der Waals surface area contributed by atoms with Gasteiger partial charge in [0, 0.05) is 33.1 Å². The highest BCUT2D eigenvalue weighted by Gasteiger charge is 2.28. The Morgan fingerprint density at radius 2 is 2.00 bits per heavy atom. The summed E-state index contributed by atoms with van der Waals surface area (Å²) in [5.41, 5.74) is -1.19. The van der Waals surface area contributed by atoms with E-state index in [1.807, 2.05) is 0 Å². The van der Waals surface area contributed by atoms with Gasteiger partial charge in [-0.1, -0.05) is 6.08 Å². The number of alkyl halides is 3. The molecule has 0 saturated carbocycles. The molecule has 41 heavy (non-hydrogen) atoms. The summed E-state index contributed by atoms with van der Waals surface area (Å²) in [6.07, 6.45) is -2.51. The lowest BCUT2D eigenvalue weighted by Gasteiger charge is -2.16. The van der Waals surface area contributed by atoms with Gasteiger partial charge < -0.3 is 30.2 Å². The molecule has 4 N–H and O–H groups in total. The number of allylic oxidation sites excluding steroid dienone is 1. The summed E-state index contributed by atoms with van der Waals surface area (Å²) in [6, 6.07) is 1.47. The molecule has 1 unspecified atom stereocenters. The fourth-order valence-corrected chi connectivity index (χ4v) is 3.74. The number of hydrogen-bond acceptors (Lipinski definition) is 6. The van der Waals surface area contributed by atoms with Gasteiger partial charge in [-0.05, 0) is 31.1 Å². The molecule has 0 radical (unpaired) electrons. The number of likely N-dealkylation sites (N-methyl/N-ethyl adjacent to an activating group) is 1. The van der Waals surface area contributed by atoms with Crippen molar-refractivity contribution in [3.05, 3.63) is 64.4 Å². The number of anilines is 1. The predicted molar refractivity (Wildman–Crippen MR) is 139 cm³/mol. The quantitative estimate of drug-likeness (QED) is 0.200. The fourth-order valence-electron chi connectivity index (χ4n) is 3.74. The zero-order valence-corrected chi connectivity index (χ0v) is 22.0. The topological polar surface area (TPSA) is 162 Å². The number of aromatic nitrogens is 4. The molecule has 220 valence electrons. The van der Waals surface area contributed by atoms with Crippen molar-refractivity contribution in [3.8, 4) is 0 Å². The highest BCUT2D eigenvalue weighted by Crippen LogP contribution is 2.25. The number of nitrogens with zero attached hydrogens (tertiary/aromatic N) is 4. The second-order valence-electron chi connectivity index (χ2n) is 9.13. The van der Waals surface area contributed by atoms with Crippen LogP contribution in [0.1, 0.15) is 30.8 Å². The number of carboxylic acid groups (broad SMARTS) is 1. The van der Waals surface area contributed by atoms with E-state index >= 15 is 0 Å². The molecule has 3 aromatic heterocycles. The van der Waals surface area contributed by atoms with Crippen molar-refractivity contribution in [1.29, 1.82) is 0 Å². The number of rotatable bonds is 11. The van der Waals surface area contributed by atoms with Crippen LogP contribution in [0.3, 0.4) is 0 Å². The lowest BCUT2D eigenvalue weighted by atomic mass is 10.1. The average Bonchev–Trinajstić information content (AvgIpc) is 3.31. The zero-order valence-electron chi connectivity index (χ0n) is 22.0. The third-order valence-corrected chi connectivity index (χ3v) is 5.78. The molecule has 0 aromatic carbocycles. The summed E-state index contributed by atoms with van der Waals surface area (Å²) in [5.74, 6) is -1.91. The Balaban J connectivity index is 1.77. The first-order valence-electron chi connectivity index (χ1n) is 12.2. The normalized spacial score (nSPS) is 12.4. The lowest BCUT2D eigenvalue weighted by molar-refractivity contribution is -0.134. The summed E-state index contributed by atoms with van der Waals surface area (Å²) in [6.45, 7) is -0.253. The number of aryl methyl sites for hydroxylation is 1. The summed E-state index contributed by atoms with van der Waals surface area (Å²) in [5, 5.41) is 13.6. The summed E-state index contributed by atoms with van der Waals surface area (Å²) in [4.78, 5) is 60.5. The van der Waals surface area contributed by atoms with Gasteiger partial charge in [-0.3, -0.25) is 19.4 Å². The van der Waals surface area contributed by atoms with Crippen LogP contribution in [-0.4, -0.2) is 73.7 Å². The Morgan fingerprint density at radius 1 is 1.27 bits per heavy atom. The van der Waals surface area contributed by atoms with Crippen LogP contribution in [-0.2, 0) is 22.6 Å². The molecule has 3 rings (SSSR count). The SMILES string of the molecule is CN(C)C(=O)/C=C/CCC(NC(=O)O)C(=O)Nc1cccn(Cc2nc3c(F)cnc(CCC(F)(F)F)c3[nH]2)c1=O. The van der Waals surface area contributed by atoms with Crippen LogP contribution in [0.4, 0.5) is 28.0 Å². The van der Waals surface area contributed by atoms with Crippen LogP contribution in [0.5, 0.6) is 0 Å². The van der Waals surface area contributed by atoms with Crippen molar-refractivity contribution in [2.24, 2.45) is 0 Å². The molecular formula is C25H27F4N7O5. The fraction of sp³-hybridized carbons (Fsp3) is 0.360. The number of hydrogen-bond donors (Lipinski definition) is 4. The monoisotopic (exact) mass is 581 g/mol. The molecular weight excluding hydrogens is 554 g/mol. The minimum Gasteiger partial charge on any atom is -0.465 e. The Morgan fingerprint density at radius 3 is 2.66 bits per heavy atom. The van der Waals surface area contributed by atoms with Gasteiger partial charge in [-0.25, -0.2) is 14.2 Å². The number of H-pyrrole nitrogens is 1. The van der Waals surface area contributed by atoms with Gasteiger partial charge in [0.05, 0.1) is 24.0 Å². The number of nitrogens with one attached hydrogen (secondary N) is 3. The number of aromatic amines is 1. The second kappa shape index (κ2) is 13.1. The van der Waals surface area contributed by atoms with E-state index in [0.717, 1.165) is 10.8 Å². The molecule has 0 spiro atoms. The number of carbonyl (C=O) groups excluding carboxylic acids is 2. The zero-order chi connectivity index (χ0) is 30.3. The third kappa shape index (κ3) is 8.61. The number of carbonyl (C=O) groups is 3. The van der Waals surface area contributed by atoms with Crippen molar-refractivity contribution in [2.75, 3.05) is 19.4 Å². The molecule has 0 saturated heterocycles. The minimum atomic E-state index is -4.44. The van der Waals surface area contributed by atoms with E-state index < -0.39 is 48.4 Å². The van der Waals surface area contributed by atoms with E-state index in [1.165, 1.54) is 35.4 Å². The molecule has 12 nitrogen and oxygen atoms in total. The average molecular weight is 582 g/mol. The Kier molecular flexibility index (Phi) is 9.81. The van der Waals surface area contributed by atoms with Gasteiger partial charge in [-0.15, -0.1) is 0 Å². The lowest BCUT2D eigenvalue weighted by Crippen LogP contribution is -2.44. The molecule has 1 atom stereocenters. The van der Waals surface area contributed by atoms with E-state index in [0.29, 0.717) is 0 Å². The highest BCUT2D eigenvalue weighted by molar-refractivity contribution is 5.96. The number of fused-ring (bicyclic) bond motifs is 1. The first kappa shape index (κ1) is 30.8. The van der Waals surface area contributed by atoms with Crippen LogP contribution < -0.4 is 16.2 Å². The van der Waals surface area contributed by atoms with E-state index in [1.54, 1.807) is 14.1 Å². The predicted octanol–water partition coefficient (Wildman–Crippen LogP) is 2.80.